The number of methoxy groups -OCH3 is 1. The number of alkyl carbamates (subject to hydrolysis) is 1. The molecule has 0 aliphatic heterocycles. The van der Waals surface area contributed by atoms with E-state index in [0.717, 1.165) is 19.3 Å². The summed E-state index contributed by atoms with van der Waals surface area (Å²) in [6.45, 7) is 9.92. The number of benzene rings is 1. The number of carbonyl (C=O) groups is 2. The minimum Gasteiger partial charge on any atom is -0.507 e. The fourth-order valence-corrected chi connectivity index (χ4v) is 4.26. The van der Waals surface area contributed by atoms with Gasteiger partial charge in [0.25, 0.3) is 0 Å². The Balaban J connectivity index is 2.06. The number of hydrogen-bond acceptors (Lipinski definition) is 6. The van der Waals surface area contributed by atoms with Crippen LogP contribution in [0.15, 0.2) is 45.8 Å². The number of ether oxygens (including phenoxy) is 1. The maximum atomic E-state index is 13.2. The summed E-state index contributed by atoms with van der Waals surface area (Å²) in [4.78, 5) is 37.0. The van der Waals surface area contributed by atoms with Gasteiger partial charge in [-0.25, -0.2) is 9.59 Å². The summed E-state index contributed by atoms with van der Waals surface area (Å²) >= 11 is 0. The van der Waals surface area contributed by atoms with E-state index in [0.29, 0.717) is 25.0 Å². The second kappa shape index (κ2) is 14.4. The minimum absolute atomic E-state index is 0.0320. The van der Waals surface area contributed by atoms with Gasteiger partial charge in [0.15, 0.2) is 5.78 Å². The van der Waals surface area contributed by atoms with Gasteiger partial charge in [0.2, 0.25) is 0 Å². The van der Waals surface area contributed by atoms with Crippen molar-refractivity contribution in [3.8, 4) is 5.75 Å². The molecule has 3 atom stereocenters. The third-order valence-corrected chi connectivity index (χ3v) is 6.99. The third kappa shape index (κ3) is 8.62. The first-order chi connectivity index (χ1) is 17.6. The molecule has 7 nitrogen and oxygen atoms in total. The van der Waals surface area contributed by atoms with E-state index in [-0.39, 0.29) is 23.1 Å². The number of allylic oxidation sites excluding steroid dienone is 1. The maximum Gasteiger partial charge on any atom is 0.410 e. The molecule has 0 fully saturated rings. The Labute approximate surface area is 219 Å². The predicted molar refractivity (Wildman–Crippen MR) is 145 cm³/mol. The van der Waals surface area contributed by atoms with E-state index < -0.39 is 23.4 Å². The fourth-order valence-electron chi connectivity index (χ4n) is 4.26. The quantitative estimate of drug-likeness (QED) is 0.300. The van der Waals surface area contributed by atoms with Gasteiger partial charge in [-0.15, -0.1) is 0 Å². The molecular weight excluding hydrogens is 470 g/mol. The Kier molecular flexibility index (Phi) is 11.6. The number of nitrogens with one attached hydrogen (secondary N) is 1. The molecule has 0 aliphatic carbocycles. The number of aromatic hydroxyl groups is 1. The second-order valence-electron chi connectivity index (χ2n) is 9.91. The van der Waals surface area contributed by atoms with Crippen molar-refractivity contribution >= 4 is 11.9 Å². The van der Waals surface area contributed by atoms with Crippen molar-refractivity contribution in [2.45, 2.75) is 79.1 Å². The fraction of sp³-hybridized carbons (Fsp3) is 0.500. The van der Waals surface area contributed by atoms with Gasteiger partial charge < -0.3 is 14.3 Å². The summed E-state index contributed by atoms with van der Waals surface area (Å²) in [5, 5.41) is 13.0. The van der Waals surface area contributed by atoms with E-state index in [1.54, 1.807) is 13.0 Å². The molecule has 0 saturated carbocycles. The predicted octanol–water partition coefficient (Wildman–Crippen LogP) is 6.45. The average molecular weight is 512 g/mol. The molecular formula is C30H41NO6. The van der Waals surface area contributed by atoms with Gasteiger partial charge in [-0.1, -0.05) is 58.4 Å². The number of carbonyl (C=O) groups excluding carboxylic acids is 2. The Morgan fingerprint density at radius 2 is 1.92 bits per heavy atom. The van der Waals surface area contributed by atoms with Crippen molar-refractivity contribution in [1.29, 1.82) is 0 Å². The van der Waals surface area contributed by atoms with Gasteiger partial charge in [-0.2, -0.15) is 0 Å². The Morgan fingerprint density at radius 3 is 2.54 bits per heavy atom. The highest BCUT2D eigenvalue weighted by Crippen LogP contribution is 2.29. The number of hydrogen-bond donors (Lipinski definition) is 2. The molecule has 0 saturated heterocycles. The standard InChI is InChI=1S/C30H41NO6/c1-7-8-12-23-13-14-24(21(4)16-23)17-20(3)22(5)28(33)27-25(32)18-26(37-29(27)34)19(2)11-9-10-15-31-30(35)36-6/h10,13-16,18-20,22,32H,7-9,11-12,17H2,1-6H3,(H,31,35)/b15-10+. The number of Topliss-reactive ketones (excluding diaryl/α,β-unsaturated/α-hetero) is 1. The van der Waals surface area contributed by atoms with E-state index in [2.05, 4.69) is 42.1 Å². The van der Waals surface area contributed by atoms with Gasteiger partial charge in [0, 0.05) is 24.1 Å². The highest BCUT2D eigenvalue weighted by Gasteiger charge is 2.28. The van der Waals surface area contributed by atoms with Crippen LogP contribution in [0.3, 0.4) is 0 Å². The van der Waals surface area contributed by atoms with Crippen LogP contribution < -0.4 is 10.9 Å². The molecule has 1 heterocycles. The first kappa shape index (κ1) is 29.9. The van der Waals surface area contributed by atoms with E-state index in [1.807, 2.05) is 13.8 Å². The molecule has 1 aromatic carbocycles. The highest BCUT2D eigenvalue weighted by molar-refractivity contribution is 5.99. The molecule has 0 aliphatic rings. The number of unbranched alkanes of at least 4 members (excludes halogenated alkanes) is 1. The zero-order valence-corrected chi connectivity index (χ0v) is 22.9. The van der Waals surface area contributed by atoms with Crippen molar-refractivity contribution in [3.63, 3.8) is 0 Å². The first-order valence-corrected chi connectivity index (χ1v) is 13.1. The Bertz CT molecular complexity index is 1150. The number of aryl methyl sites for hydroxylation is 2. The van der Waals surface area contributed by atoms with Crippen LogP contribution in [-0.2, 0) is 17.6 Å². The van der Waals surface area contributed by atoms with Crippen LogP contribution in [0.5, 0.6) is 5.75 Å². The van der Waals surface area contributed by atoms with Crippen LogP contribution in [0.2, 0.25) is 0 Å². The monoisotopic (exact) mass is 511 g/mol. The van der Waals surface area contributed by atoms with Crippen LogP contribution in [0, 0.1) is 18.8 Å². The normalized spacial score (nSPS) is 13.8. The summed E-state index contributed by atoms with van der Waals surface area (Å²) in [5.74, 6) is -1.12. The smallest absolute Gasteiger partial charge is 0.410 e. The molecule has 1 amide bonds. The molecule has 3 unspecified atom stereocenters. The Morgan fingerprint density at radius 1 is 1.19 bits per heavy atom. The Hall–Kier alpha value is -3.35. The lowest BCUT2D eigenvalue weighted by atomic mass is 9.83. The number of amides is 1. The lowest BCUT2D eigenvalue weighted by Gasteiger charge is -2.20. The minimum atomic E-state index is -0.815. The van der Waals surface area contributed by atoms with Crippen molar-refractivity contribution in [2.24, 2.45) is 11.8 Å². The number of ketones is 1. The van der Waals surface area contributed by atoms with Gasteiger partial charge in [0.1, 0.15) is 17.1 Å². The topological polar surface area (TPSA) is 106 Å². The summed E-state index contributed by atoms with van der Waals surface area (Å²) in [5.41, 5.74) is 2.61. The lowest BCUT2D eigenvalue weighted by molar-refractivity contribution is 0.0885. The van der Waals surface area contributed by atoms with Gasteiger partial charge in [-0.3, -0.25) is 10.1 Å². The van der Waals surface area contributed by atoms with Crippen LogP contribution in [0.1, 0.15) is 92.1 Å². The summed E-state index contributed by atoms with van der Waals surface area (Å²) in [7, 11) is 1.28. The molecule has 37 heavy (non-hydrogen) atoms. The summed E-state index contributed by atoms with van der Waals surface area (Å²) in [6.07, 6.45) is 7.98. The van der Waals surface area contributed by atoms with Gasteiger partial charge in [0.05, 0.1) is 7.11 Å². The number of rotatable bonds is 13. The van der Waals surface area contributed by atoms with E-state index in [1.165, 1.54) is 36.1 Å². The van der Waals surface area contributed by atoms with E-state index in [9.17, 15) is 19.5 Å². The molecule has 202 valence electrons. The molecule has 7 heteroatoms. The molecule has 2 rings (SSSR count). The average Bonchev–Trinajstić information content (AvgIpc) is 2.87. The van der Waals surface area contributed by atoms with Crippen molar-refractivity contribution in [1.82, 2.24) is 5.32 Å². The molecule has 1 aromatic heterocycles. The van der Waals surface area contributed by atoms with Crippen LogP contribution >= 0.6 is 0 Å². The van der Waals surface area contributed by atoms with Gasteiger partial charge >= 0.3 is 11.7 Å². The van der Waals surface area contributed by atoms with E-state index >= 15 is 0 Å². The summed E-state index contributed by atoms with van der Waals surface area (Å²) < 4.78 is 9.93. The maximum absolute atomic E-state index is 13.2. The van der Waals surface area contributed by atoms with Crippen LogP contribution in [0.25, 0.3) is 0 Å². The zero-order valence-electron chi connectivity index (χ0n) is 22.9. The van der Waals surface area contributed by atoms with Crippen molar-refractivity contribution < 1.29 is 23.8 Å². The highest BCUT2D eigenvalue weighted by atomic mass is 16.5. The zero-order chi connectivity index (χ0) is 27.5. The first-order valence-electron chi connectivity index (χ1n) is 13.1. The molecule has 2 N–H and O–H groups in total. The molecule has 0 bridgehead atoms. The lowest BCUT2D eigenvalue weighted by Crippen LogP contribution is -2.26. The molecule has 2 aromatic rings. The van der Waals surface area contributed by atoms with Crippen LogP contribution in [0.4, 0.5) is 4.79 Å². The van der Waals surface area contributed by atoms with Crippen LogP contribution in [-0.4, -0.2) is 24.1 Å². The second-order valence-corrected chi connectivity index (χ2v) is 9.91. The van der Waals surface area contributed by atoms with Crippen molar-refractivity contribution in [3.05, 3.63) is 75.0 Å². The largest absolute Gasteiger partial charge is 0.507 e. The molecule has 0 radical (unpaired) electrons. The summed E-state index contributed by atoms with van der Waals surface area (Å²) in [6, 6.07) is 7.88. The van der Waals surface area contributed by atoms with Crippen molar-refractivity contribution in [2.75, 3.05) is 7.11 Å². The third-order valence-electron chi connectivity index (χ3n) is 6.99. The molecule has 0 spiro atoms. The van der Waals surface area contributed by atoms with E-state index in [4.69, 9.17) is 4.42 Å². The van der Waals surface area contributed by atoms with Gasteiger partial charge in [-0.05, 0) is 61.6 Å². The SMILES string of the molecule is CCCCc1ccc(CC(C)C(C)C(=O)c2c(O)cc(C(C)CC/C=C/NC(=O)OC)oc2=O)c(C)c1.